The number of Topliss-reactive ketones (excluding diaryl/α,β-unsaturated/α-hetero) is 1. The molecule has 0 radical (unpaired) electrons. The highest BCUT2D eigenvalue weighted by molar-refractivity contribution is 7.21. The number of nitrogens with zero attached hydrogens (tertiary/aromatic N) is 1. The molecule has 3 rings (SSSR count). The molecule has 0 fully saturated rings. The van der Waals surface area contributed by atoms with E-state index in [1.807, 2.05) is 18.4 Å². The molecule has 7 heteroatoms. The highest BCUT2D eigenvalue weighted by atomic mass is 35.5. The van der Waals surface area contributed by atoms with E-state index in [2.05, 4.69) is 6.58 Å². The molecular formula is C20H17ClFNO3S. The molecule has 0 atom stereocenters. The number of aryl methyl sites for hydroxylation is 1. The van der Waals surface area contributed by atoms with Crippen LogP contribution in [0, 0.1) is 19.7 Å². The molecule has 0 saturated carbocycles. The number of benzene rings is 1. The fourth-order valence-corrected chi connectivity index (χ4v) is 4.37. The van der Waals surface area contributed by atoms with Gasteiger partial charge in [-0.3, -0.25) is 4.79 Å². The molecule has 3 aromatic rings. The Labute approximate surface area is 164 Å². The van der Waals surface area contributed by atoms with Crippen molar-refractivity contribution in [1.29, 1.82) is 0 Å². The van der Waals surface area contributed by atoms with Crippen LogP contribution in [0.3, 0.4) is 0 Å². The number of allylic oxidation sites excluding steroid dienone is 1. The van der Waals surface area contributed by atoms with Crippen LogP contribution >= 0.6 is 22.9 Å². The first-order valence-corrected chi connectivity index (χ1v) is 9.38. The number of carbonyl (C=O) groups excluding carboxylic acids is 2. The number of fused-ring (bicyclic) bond motifs is 1. The zero-order valence-electron chi connectivity index (χ0n) is 14.8. The summed E-state index contributed by atoms with van der Waals surface area (Å²) in [4.78, 5) is 25.0. The second-order valence-electron chi connectivity index (χ2n) is 6.07. The maximum Gasteiger partial charge on any atom is 0.350 e. The minimum atomic E-state index is -0.699. The predicted octanol–water partition coefficient (Wildman–Crippen LogP) is 5.34. The Morgan fingerprint density at radius 2 is 2.07 bits per heavy atom. The van der Waals surface area contributed by atoms with Crippen LogP contribution in [0.25, 0.3) is 10.1 Å². The number of aromatic nitrogens is 1. The minimum Gasteiger partial charge on any atom is -0.453 e. The van der Waals surface area contributed by atoms with Crippen molar-refractivity contribution in [3.05, 3.63) is 69.6 Å². The van der Waals surface area contributed by atoms with Gasteiger partial charge in [0.25, 0.3) is 0 Å². The summed E-state index contributed by atoms with van der Waals surface area (Å²) in [7, 11) is 0. The van der Waals surface area contributed by atoms with E-state index in [-0.39, 0.29) is 15.7 Å². The Morgan fingerprint density at radius 1 is 1.33 bits per heavy atom. The first-order chi connectivity index (χ1) is 12.8. The Hall–Kier alpha value is -2.44. The third-order valence-electron chi connectivity index (χ3n) is 4.30. The normalized spacial score (nSPS) is 11.0. The van der Waals surface area contributed by atoms with Crippen LogP contribution in [0.15, 0.2) is 36.9 Å². The van der Waals surface area contributed by atoms with Crippen molar-refractivity contribution < 1.29 is 18.7 Å². The van der Waals surface area contributed by atoms with Gasteiger partial charge in [0.05, 0.1) is 5.02 Å². The lowest BCUT2D eigenvalue weighted by Gasteiger charge is -2.06. The lowest BCUT2D eigenvalue weighted by atomic mass is 10.1. The molecule has 0 unspecified atom stereocenters. The first kappa shape index (κ1) is 19.3. The zero-order chi connectivity index (χ0) is 19.7. The van der Waals surface area contributed by atoms with Gasteiger partial charge in [0.2, 0.25) is 5.78 Å². The molecule has 2 heterocycles. The van der Waals surface area contributed by atoms with Gasteiger partial charge >= 0.3 is 5.97 Å². The van der Waals surface area contributed by atoms with Crippen LogP contribution in [-0.2, 0) is 11.3 Å². The van der Waals surface area contributed by atoms with Crippen molar-refractivity contribution in [2.75, 3.05) is 6.61 Å². The Morgan fingerprint density at radius 3 is 2.78 bits per heavy atom. The van der Waals surface area contributed by atoms with Crippen LogP contribution in [0.2, 0.25) is 5.02 Å². The Balaban J connectivity index is 1.76. The average Bonchev–Trinajstić information content (AvgIpc) is 3.10. The summed E-state index contributed by atoms with van der Waals surface area (Å²) in [5.74, 6) is -1.41. The van der Waals surface area contributed by atoms with Crippen molar-refractivity contribution in [1.82, 2.24) is 4.57 Å². The molecule has 4 nitrogen and oxygen atoms in total. The number of esters is 1. The molecule has 0 aliphatic rings. The van der Waals surface area contributed by atoms with E-state index in [1.54, 1.807) is 12.1 Å². The van der Waals surface area contributed by atoms with E-state index in [0.717, 1.165) is 22.7 Å². The van der Waals surface area contributed by atoms with Crippen molar-refractivity contribution in [2.45, 2.75) is 20.4 Å². The van der Waals surface area contributed by atoms with E-state index < -0.39 is 18.4 Å². The SMILES string of the molecule is C=CCn1c(C)cc(C(=O)COC(=O)c2sc3cc(F)ccc3c2Cl)c1C. The van der Waals surface area contributed by atoms with Gasteiger partial charge in [0, 0.05) is 33.6 Å². The highest BCUT2D eigenvalue weighted by Gasteiger charge is 2.21. The summed E-state index contributed by atoms with van der Waals surface area (Å²) in [6.45, 7) is 7.64. The van der Waals surface area contributed by atoms with Crippen molar-refractivity contribution in [3.63, 3.8) is 0 Å². The van der Waals surface area contributed by atoms with Gasteiger partial charge in [-0.05, 0) is 38.1 Å². The number of rotatable bonds is 6. The number of hydrogen-bond acceptors (Lipinski definition) is 4. The maximum atomic E-state index is 13.3. The molecule has 27 heavy (non-hydrogen) atoms. The fourth-order valence-electron chi connectivity index (χ4n) is 2.94. The van der Waals surface area contributed by atoms with Gasteiger partial charge in [0.1, 0.15) is 10.7 Å². The number of ether oxygens (including phenoxy) is 1. The van der Waals surface area contributed by atoms with Gasteiger partial charge in [0.15, 0.2) is 6.61 Å². The number of halogens is 2. The van der Waals surface area contributed by atoms with Crippen molar-refractivity contribution in [3.8, 4) is 0 Å². The van der Waals surface area contributed by atoms with Gasteiger partial charge in [-0.2, -0.15) is 0 Å². The summed E-state index contributed by atoms with van der Waals surface area (Å²) in [5.41, 5.74) is 2.23. The molecule has 0 saturated heterocycles. The third kappa shape index (κ3) is 3.68. The summed E-state index contributed by atoms with van der Waals surface area (Å²) in [6.07, 6.45) is 1.75. The molecule has 0 aliphatic heterocycles. The molecule has 0 N–H and O–H groups in total. The smallest absolute Gasteiger partial charge is 0.350 e. The number of hydrogen-bond donors (Lipinski definition) is 0. The van der Waals surface area contributed by atoms with E-state index in [4.69, 9.17) is 16.3 Å². The third-order valence-corrected chi connectivity index (χ3v) is 5.93. The predicted molar refractivity (Wildman–Crippen MR) is 106 cm³/mol. The molecule has 1 aromatic carbocycles. The lowest BCUT2D eigenvalue weighted by Crippen LogP contribution is -2.14. The molecule has 140 valence electrons. The van der Waals surface area contributed by atoms with E-state index >= 15 is 0 Å². The summed E-state index contributed by atoms with van der Waals surface area (Å²) >= 11 is 7.25. The lowest BCUT2D eigenvalue weighted by molar-refractivity contribution is 0.0479. The van der Waals surface area contributed by atoms with Crippen LogP contribution in [0.5, 0.6) is 0 Å². The second kappa shape index (κ2) is 7.66. The van der Waals surface area contributed by atoms with Gasteiger partial charge in [-0.25, -0.2) is 9.18 Å². The highest BCUT2D eigenvalue weighted by Crippen LogP contribution is 2.36. The average molecular weight is 406 g/mol. The molecule has 0 bridgehead atoms. The molecular weight excluding hydrogens is 389 g/mol. The van der Waals surface area contributed by atoms with Crippen LogP contribution in [0.4, 0.5) is 4.39 Å². The topological polar surface area (TPSA) is 48.3 Å². The van der Waals surface area contributed by atoms with Gasteiger partial charge in [-0.15, -0.1) is 17.9 Å². The van der Waals surface area contributed by atoms with Crippen LogP contribution in [0.1, 0.15) is 31.4 Å². The summed E-state index contributed by atoms with van der Waals surface area (Å²) in [5, 5.41) is 0.783. The van der Waals surface area contributed by atoms with E-state index in [9.17, 15) is 14.0 Å². The maximum absolute atomic E-state index is 13.3. The Bertz CT molecular complexity index is 1070. The van der Waals surface area contributed by atoms with Gasteiger partial charge in [-0.1, -0.05) is 17.7 Å². The number of thiophene rings is 1. The number of ketones is 1. The fraction of sp³-hybridized carbons (Fsp3) is 0.200. The quantitative estimate of drug-likeness (QED) is 0.316. The summed E-state index contributed by atoms with van der Waals surface area (Å²) < 4.78 is 21.0. The second-order valence-corrected chi connectivity index (χ2v) is 7.50. The Kier molecular flexibility index (Phi) is 5.48. The van der Waals surface area contributed by atoms with E-state index in [0.29, 0.717) is 22.2 Å². The number of carbonyl (C=O) groups is 2. The van der Waals surface area contributed by atoms with Gasteiger partial charge < -0.3 is 9.30 Å². The standard InChI is InChI=1S/C20H17ClFNO3S/c1-4-7-23-11(2)8-15(12(23)3)16(24)10-26-20(25)19-18(21)14-6-5-13(22)9-17(14)27-19/h4-6,8-9H,1,7,10H2,2-3H3. The molecule has 0 aliphatic carbocycles. The monoisotopic (exact) mass is 405 g/mol. The van der Waals surface area contributed by atoms with Crippen LogP contribution < -0.4 is 0 Å². The van der Waals surface area contributed by atoms with Crippen molar-refractivity contribution in [2.24, 2.45) is 0 Å². The molecule has 2 aromatic heterocycles. The van der Waals surface area contributed by atoms with E-state index in [1.165, 1.54) is 18.2 Å². The minimum absolute atomic E-state index is 0.155. The van der Waals surface area contributed by atoms with Crippen LogP contribution in [-0.4, -0.2) is 22.9 Å². The first-order valence-electron chi connectivity index (χ1n) is 8.19. The molecule has 0 spiro atoms. The van der Waals surface area contributed by atoms with Crippen molar-refractivity contribution >= 4 is 44.8 Å². The molecule has 0 amide bonds. The largest absolute Gasteiger partial charge is 0.453 e. The summed E-state index contributed by atoms with van der Waals surface area (Å²) in [6, 6.07) is 5.87. The zero-order valence-corrected chi connectivity index (χ0v) is 16.4.